The number of carbonyl (C=O) groups excluding carboxylic acids is 1. The molecule has 4 rings (SSSR count). The van der Waals surface area contributed by atoms with Crippen LogP contribution in [-0.2, 0) is 6.42 Å². The van der Waals surface area contributed by atoms with Gasteiger partial charge in [-0.3, -0.25) is 0 Å². The molecule has 0 radical (unpaired) electrons. The lowest BCUT2D eigenvalue weighted by atomic mass is 10.1. The van der Waals surface area contributed by atoms with E-state index < -0.39 is 0 Å². The third kappa shape index (κ3) is 3.14. The van der Waals surface area contributed by atoms with Crippen molar-refractivity contribution in [3.63, 3.8) is 0 Å². The molecule has 0 unspecified atom stereocenters. The first-order chi connectivity index (χ1) is 12.2. The second kappa shape index (κ2) is 6.66. The molecule has 2 aliphatic rings. The Balaban J connectivity index is 1.48. The van der Waals surface area contributed by atoms with Crippen LogP contribution in [0.2, 0.25) is 0 Å². The Bertz CT molecular complexity index is 773. The maximum atomic E-state index is 12.7. The molecule has 1 fully saturated rings. The lowest BCUT2D eigenvalue weighted by molar-refractivity contribution is 0.171. The Morgan fingerprint density at radius 2 is 2.12 bits per heavy atom. The molecule has 1 atom stereocenters. The highest BCUT2D eigenvalue weighted by Crippen LogP contribution is 2.35. The first-order valence-corrected chi connectivity index (χ1v) is 8.67. The molecule has 1 aromatic heterocycles. The highest BCUT2D eigenvalue weighted by molar-refractivity contribution is 5.90. The van der Waals surface area contributed by atoms with Gasteiger partial charge in [0.15, 0.2) is 17.3 Å². The normalized spacial score (nSPS) is 19.1. The topological polar surface area (TPSA) is 76.8 Å². The van der Waals surface area contributed by atoms with Gasteiger partial charge < -0.3 is 24.2 Å². The second-order valence-corrected chi connectivity index (χ2v) is 6.21. The maximum absolute atomic E-state index is 12.7. The Kier molecular flexibility index (Phi) is 4.21. The predicted octanol–water partition coefficient (Wildman–Crippen LogP) is 3.38. The number of amides is 2. The van der Waals surface area contributed by atoms with Gasteiger partial charge in [-0.15, -0.1) is 0 Å². The fraction of sp³-hybridized carbons (Fsp3) is 0.444. The number of carbonyl (C=O) groups is 1. The van der Waals surface area contributed by atoms with Crippen LogP contribution in [0.1, 0.15) is 37.3 Å². The van der Waals surface area contributed by atoms with Crippen molar-refractivity contribution < 1.29 is 18.8 Å². The van der Waals surface area contributed by atoms with E-state index in [1.807, 2.05) is 25.1 Å². The Morgan fingerprint density at radius 1 is 1.28 bits per heavy atom. The zero-order valence-corrected chi connectivity index (χ0v) is 14.2. The summed E-state index contributed by atoms with van der Waals surface area (Å²) in [4.78, 5) is 14.5. The van der Waals surface area contributed by atoms with Crippen molar-refractivity contribution in [2.45, 2.75) is 32.2 Å². The van der Waals surface area contributed by atoms with E-state index in [1.54, 1.807) is 11.0 Å². The van der Waals surface area contributed by atoms with Gasteiger partial charge in [0.05, 0.1) is 11.7 Å². The number of hydrogen-bond donors (Lipinski definition) is 1. The van der Waals surface area contributed by atoms with Crippen LogP contribution in [0.15, 0.2) is 28.8 Å². The molecular formula is C18H21N3O4. The molecule has 2 aromatic rings. The van der Waals surface area contributed by atoms with Crippen molar-refractivity contribution in [3.8, 4) is 11.5 Å². The SMILES string of the molecule is CCc1cc([C@H]2CCCN2C(=O)Nc2ccc3c(c2)OCCO3)on1. The number of anilines is 1. The van der Waals surface area contributed by atoms with Gasteiger partial charge in [0.2, 0.25) is 0 Å². The third-order valence-corrected chi connectivity index (χ3v) is 4.57. The van der Waals surface area contributed by atoms with E-state index in [0.29, 0.717) is 36.9 Å². The molecule has 1 saturated heterocycles. The second-order valence-electron chi connectivity index (χ2n) is 6.21. The van der Waals surface area contributed by atoms with Gasteiger partial charge in [0.1, 0.15) is 13.2 Å². The number of aryl methyl sites for hydroxylation is 1. The van der Waals surface area contributed by atoms with Crippen LogP contribution in [0.25, 0.3) is 0 Å². The van der Waals surface area contributed by atoms with Crippen LogP contribution in [0.4, 0.5) is 10.5 Å². The van der Waals surface area contributed by atoms with Gasteiger partial charge in [0.25, 0.3) is 0 Å². The monoisotopic (exact) mass is 343 g/mol. The maximum Gasteiger partial charge on any atom is 0.322 e. The molecule has 2 aliphatic heterocycles. The van der Waals surface area contributed by atoms with Crippen molar-refractivity contribution in [2.24, 2.45) is 0 Å². The summed E-state index contributed by atoms with van der Waals surface area (Å²) in [5.74, 6) is 2.12. The Morgan fingerprint density at radius 3 is 2.92 bits per heavy atom. The smallest absolute Gasteiger partial charge is 0.322 e. The number of hydrogen-bond acceptors (Lipinski definition) is 5. The molecule has 0 bridgehead atoms. The standard InChI is InChI=1S/C18H21N3O4/c1-2-12-10-16(25-20-12)14-4-3-7-21(14)18(22)19-13-5-6-15-17(11-13)24-9-8-23-15/h5-6,10-11,14H,2-4,7-9H2,1H3,(H,19,22)/t14-/m1/s1. The van der Waals surface area contributed by atoms with Crippen molar-refractivity contribution in [1.82, 2.24) is 10.1 Å². The first-order valence-electron chi connectivity index (χ1n) is 8.67. The number of nitrogens with zero attached hydrogens (tertiary/aromatic N) is 2. The molecule has 1 N–H and O–H groups in total. The predicted molar refractivity (Wildman–Crippen MR) is 91.0 cm³/mol. The third-order valence-electron chi connectivity index (χ3n) is 4.57. The summed E-state index contributed by atoms with van der Waals surface area (Å²) in [6, 6.07) is 7.16. The van der Waals surface area contributed by atoms with Gasteiger partial charge in [-0.05, 0) is 31.4 Å². The highest BCUT2D eigenvalue weighted by Gasteiger charge is 2.33. The van der Waals surface area contributed by atoms with Gasteiger partial charge in [-0.2, -0.15) is 0 Å². The average molecular weight is 343 g/mol. The van der Waals surface area contributed by atoms with Crippen molar-refractivity contribution in [1.29, 1.82) is 0 Å². The Labute approximate surface area is 145 Å². The summed E-state index contributed by atoms with van der Waals surface area (Å²) in [6.07, 6.45) is 2.65. The van der Waals surface area contributed by atoms with Crippen molar-refractivity contribution >= 4 is 11.7 Å². The van der Waals surface area contributed by atoms with E-state index in [-0.39, 0.29) is 12.1 Å². The quantitative estimate of drug-likeness (QED) is 0.924. The number of benzene rings is 1. The first kappa shape index (κ1) is 15.8. The van der Waals surface area contributed by atoms with Gasteiger partial charge in [-0.25, -0.2) is 4.79 Å². The molecule has 1 aromatic carbocycles. The fourth-order valence-electron chi connectivity index (χ4n) is 3.27. The van der Waals surface area contributed by atoms with Crippen LogP contribution in [0.5, 0.6) is 11.5 Å². The molecule has 132 valence electrons. The van der Waals surface area contributed by atoms with Crippen LogP contribution in [-0.4, -0.2) is 35.8 Å². The lowest BCUT2D eigenvalue weighted by Gasteiger charge is -2.24. The number of urea groups is 1. The Hall–Kier alpha value is -2.70. The van der Waals surface area contributed by atoms with E-state index in [9.17, 15) is 4.79 Å². The van der Waals surface area contributed by atoms with E-state index in [2.05, 4.69) is 10.5 Å². The highest BCUT2D eigenvalue weighted by atomic mass is 16.6. The summed E-state index contributed by atoms with van der Waals surface area (Å²) in [6.45, 7) is 3.79. The van der Waals surface area contributed by atoms with E-state index in [0.717, 1.165) is 30.7 Å². The number of aromatic nitrogens is 1. The van der Waals surface area contributed by atoms with E-state index >= 15 is 0 Å². The molecule has 0 spiro atoms. The number of likely N-dealkylation sites (tertiary alicyclic amines) is 1. The largest absolute Gasteiger partial charge is 0.486 e. The zero-order chi connectivity index (χ0) is 17.2. The van der Waals surface area contributed by atoms with E-state index in [1.165, 1.54) is 0 Å². The average Bonchev–Trinajstić information content (AvgIpc) is 3.30. The van der Waals surface area contributed by atoms with Gasteiger partial charge >= 0.3 is 6.03 Å². The summed E-state index contributed by atoms with van der Waals surface area (Å²) in [5.41, 5.74) is 1.60. The number of nitrogens with one attached hydrogen (secondary N) is 1. The molecule has 0 aliphatic carbocycles. The molecule has 7 nitrogen and oxygen atoms in total. The van der Waals surface area contributed by atoms with E-state index in [4.69, 9.17) is 14.0 Å². The van der Waals surface area contributed by atoms with Crippen LogP contribution in [0, 0.1) is 0 Å². The summed E-state index contributed by atoms with van der Waals surface area (Å²) < 4.78 is 16.5. The fourth-order valence-corrected chi connectivity index (χ4v) is 3.27. The summed E-state index contributed by atoms with van der Waals surface area (Å²) in [5, 5.41) is 6.99. The lowest BCUT2D eigenvalue weighted by Crippen LogP contribution is -2.34. The molecule has 3 heterocycles. The summed E-state index contributed by atoms with van der Waals surface area (Å²) >= 11 is 0. The number of ether oxygens (including phenoxy) is 2. The molecule has 2 amide bonds. The minimum atomic E-state index is -0.145. The molecule has 25 heavy (non-hydrogen) atoms. The minimum absolute atomic E-state index is 0.0648. The van der Waals surface area contributed by atoms with Crippen LogP contribution in [0.3, 0.4) is 0 Å². The zero-order valence-electron chi connectivity index (χ0n) is 14.2. The van der Waals surface area contributed by atoms with Gasteiger partial charge in [0, 0.05) is 24.4 Å². The minimum Gasteiger partial charge on any atom is -0.486 e. The number of fused-ring (bicyclic) bond motifs is 1. The van der Waals surface area contributed by atoms with Crippen molar-refractivity contribution in [3.05, 3.63) is 35.7 Å². The van der Waals surface area contributed by atoms with Crippen LogP contribution < -0.4 is 14.8 Å². The number of rotatable bonds is 3. The van der Waals surface area contributed by atoms with Crippen LogP contribution >= 0.6 is 0 Å². The summed E-state index contributed by atoms with van der Waals surface area (Å²) in [7, 11) is 0. The molecule has 0 saturated carbocycles. The molecular weight excluding hydrogens is 322 g/mol. The molecule has 7 heteroatoms. The van der Waals surface area contributed by atoms with Gasteiger partial charge in [-0.1, -0.05) is 12.1 Å². The van der Waals surface area contributed by atoms with Crippen molar-refractivity contribution in [2.75, 3.05) is 25.1 Å².